The van der Waals surface area contributed by atoms with Crippen molar-refractivity contribution in [3.63, 3.8) is 0 Å². The van der Waals surface area contributed by atoms with Crippen molar-refractivity contribution in [1.82, 2.24) is 15.1 Å². The summed E-state index contributed by atoms with van der Waals surface area (Å²) in [5.74, 6) is -0.176. The summed E-state index contributed by atoms with van der Waals surface area (Å²) in [6, 6.07) is 0. The van der Waals surface area contributed by atoms with E-state index in [0.717, 1.165) is 38.0 Å². The highest BCUT2D eigenvalue weighted by Crippen LogP contribution is 2.17. The van der Waals surface area contributed by atoms with Gasteiger partial charge < -0.3 is 10.1 Å². The molecule has 1 rings (SSSR count). The van der Waals surface area contributed by atoms with Crippen molar-refractivity contribution in [1.29, 1.82) is 0 Å². The second-order valence-corrected chi connectivity index (χ2v) is 5.77. The largest absolute Gasteiger partial charge is 0.465 e. The van der Waals surface area contributed by atoms with E-state index < -0.39 is 5.54 Å². The van der Waals surface area contributed by atoms with Crippen molar-refractivity contribution in [3.8, 4) is 0 Å². The van der Waals surface area contributed by atoms with E-state index in [1.54, 1.807) is 0 Å². The van der Waals surface area contributed by atoms with Gasteiger partial charge in [-0.1, -0.05) is 18.5 Å². The van der Waals surface area contributed by atoms with Crippen LogP contribution in [0, 0.1) is 6.92 Å². The van der Waals surface area contributed by atoms with Crippen LogP contribution in [0.1, 0.15) is 45.7 Å². The fourth-order valence-corrected chi connectivity index (χ4v) is 2.45. The molecular formula is C15H26ClN3O2. The summed E-state index contributed by atoms with van der Waals surface area (Å²) in [4.78, 5) is 12.0. The molecule has 1 unspecified atom stereocenters. The molecule has 0 saturated heterocycles. The Morgan fingerprint density at radius 3 is 2.71 bits per heavy atom. The fraction of sp³-hybridized carbons (Fsp3) is 0.733. The zero-order valence-corrected chi connectivity index (χ0v) is 14.2. The maximum atomic E-state index is 12.0. The van der Waals surface area contributed by atoms with Gasteiger partial charge in [0.2, 0.25) is 0 Å². The van der Waals surface area contributed by atoms with E-state index in [1.807, 2.05) is 38.6 Å². The van der Waals surface area contributed by atoms with Crippen LogP contribution in [-0.2, 0) is 16.1 Å². The molecule has 0 radical (unpaired) electrons. The molecular weight excluding hydrogens is 290 g/mol. The van der Waals surface area contributed by atoms with Gasteiger partial charge in [-0.3, -0.25) is 9.48 Å². The molecule has 0 fully saturated rings. The van der Waals surface area contributed by atoms with E-state index in [-0.39, 0.29) is 5.97 Å². The van der Waals surface area contributed by atoms with Gasteiger partial charge in [0.05, 0.1) is 17.3 Å². The van der Waals surface area contributed by atoms with Crippen LogP contribution in [0.5, 0.6) is 0 Å². The SMILES string of the molecule is CCNC(C)(CCCCn1cc(Cl)c(C)n1)C(=O)OCC. The van der Waals surface area contributed by atoms with Crippen LogP contribution in [0.25, 0.3) is 0 Å². The van der Waals surface area contributed by atoms with Gasteiger partial charge in [-0.2, -0.15) is 5.10 Å². The Kier molecular flexibility index (Phi) is 7.18. The molecule has 0 saturated carbocycles. The first-order chi connectivity index (χ1) is 9.92. The molecule has 0 aliphatic rings. The molecule has 0 aliphatic carbocycles. The Bertz CT molecular complexity index is 442. The first kappa shape index (κ1) is 18.0. The van der Waals surface area contributed by atoms with Gasteiger partial charge in [0.25, 0.3) is 0 Å². The average Bonchev–Trinajstić information content (AvgIpc) is 2.74. The number of ether oxygens (including phenoxy) is 1. The normalized spacial score (nSPS) is 14.0. The summed E-state index contributed by atoms with van der Waals surface area (Å²) in [5, 5.41) is 8.25. The Balaban J connectivity index is 2.44. The van der Waals surface area contributed by atoms with Gasteiger partial charge in [0, 0.05) is 12.7 Å². The van der Waals surface area contributed by atoms with Crippen LogP contribution in [0.3, 0.4) is 0 Å². The standard InChI is InChI=1S/C15H26ClN3O2/c1-5-17-15(4,14(20)21-6-2)9-7-8-10-19-11-13(16)12(3)18-19/h11,17H,5-10H2,1-4H3. The topological polar surface area (TPSA) is 56.2 Å². The van der Waals surface area contributed by atoms with Crippen LogP contribution in [-0.4, -0.2) is 34.4 Å². The number of hydrogen-bond donors (Lipinski definition) is 1. The lowest BCUT2D eigenvalue weighted by Crippen LogP contribution is -2.50. The number of rotatable bonds is 9. The molecule has 1 atom stereocenters. The van der Waals surface area contributed by atoms with Gasteiger partial charge in [-0.25, -0.2) is 0 Å². The minimum absolute atomic E-state index is 0.176. The molecule has 0 aliphatic heterocycles. The Morgan fingerprint density at radius 1 is 1.48 bits per heavy atom. The number of carbonyl (C=O) groups is 1. The highest BCUT2D eigenvalue weighted by Gasteiger charge is 2.32. The zero-order chi connectivity index (χ0) is 15.9. The zero-order valence-electron chi connectivity index (χ0n) is 13.4. The molecule has 1 aromatic rings. The summed E-state index contributed by atoms with van der Waals surface area (Å²) >= 11 is 5.98. The van der Waals surface area contributed by atoms with Crippen molar-refractivity contribution >= 4 is 17.6 Å². The van der Waals surface area contributed by atoms with Crippen molar-refractivity contribution in [2.45, 2.75) is 59.0 Å². The number of halogens is 1. The van der Waals surface area contributed by atoms with Gasteiger partial charge in [-0.05, 0) is 46.6 Å². The molecule has 1 aromatic heterocycles. The molecule has 6 heteroatoms. The highest BCUT2D eigenvalue weighted by atomic mass is 35.5. The monoisotopic (exact) mass is 315 g/mol. The summed E-state index contributed by atoms with van der Waals surface area (Å²) in [7, 11) is 0. The number of esters is 1. The van der Waals surface area contributed by atoms with Crippen LogP contribution in [0.4, 0.5) is 0 Å². The van der Waals surface area contributed by atoms with E-state index in [0.29, 0.717) is 11.6 Å². The molecule has 0 aromatic carbocycles. The number of hydrogen-bond acceptors (Lipinski definition) is 4. The second kappa shape index (κ2) is 8.39. The van der Waals surface area contributed by atoms with Gasteiger partial charge in [0.1, 0.15) is 5.54 Å². The number of likely N-dealkylation sites (N-methyl/N-ethyl adjacent to an activating group) is 1. The van der Waals surface area contributed by atoms with Crippen molar-refractivity contribution in [2.24, 2.45) is 0 Å². The molecule has 1 N–H and O–H groups in total. The third kappa shape index (κ3) is 5.32. The summed E-state index contributed by atoms with van der Waals surface area (Å²) in [6.07, 6.45) is 4.44. The second-order valence-electron chi connectivity index (χ2n) is 5.37. The minimum atomic E-state index is -0.609. The number of nitrogens with one attached hydrogen (secondary N) is 1. The molecule has 120 valence electrons. The average molecular weight is 316 g/mol. The van der Waals surface area contributed by atoms with E-state index in [9.17, 15) is 4.79 Å². The van der Waals surface area contributed by atoms with Crippen LogP contribution < -0.4 is 5.32 Å². The first-order valence-electron chi connectivity index (χ1n) is 7.54. The third-order valence-electron chi connectivity index (χ3n) is 3.49. The summed E-state index contributed by atoms with van der Waals surface area (Å²) < 4.78 is 7.01. The van der Waals surface area contributed by atoms with E-state index in [1.165, 1.54) is 0 Å². The first-order valence-corrected chi connectivity index (χ1v) is 7.92. The number of aryl methyl sites for hydroxylation is 2. The summed E-state index contributed by atoms with van der Waals surface area (Å²) in [6.45, 7) is 9.57. The van der Waals surface area contributed by atoms with Gasteiger partial charge in [-0.15, -0.1) is 0 Å². The van der Waals surface area contributed by atoms with E-state index in [4.69, 9.17) is 16.3 Å². The number of nitrogens with zero attached hydrogens (tertiary/aromatic N) is 2. The maximum Gasteiger partial charge on any atom is 0.326 e. The molecule has 0 amide bonds. The van der Waals surface area contributed by atoms with Gasteiger partial charge >= 0.3 is 5.97 Å². The van der Waals surface area contributed by atoms with Crippen molar-refractivity contribution in [2.75, 3.05) is 13.2 Å². The number of carbonyl (C=O) groups excluding carboxylic acids is 1. The smallest absolute Gasteiger partial charge is 0.326 e. The Labute approximate surface area is 132 Å². The number of unbranched alkanes of at least 4 members (excludes halogenated alkanes) is 1. The lowest BCUT2D eigenvalue weighted by atomic mass is 9.94. The fourth-order valence-electron chi connectivity index (χ4n) is 2.30. The predicted octanol–water partition coefficient (Wildman–Crippen LogP) is 2.95. The van der Waals surface area contributed by atoms with Crippen molar-refractivity contribution in [3.05, 3.63) is 16.9 Å². The molecule has 5 nitrogen and oxygen atoms in total. The van der Waals surface area contributed by atoms with Gasteiger partial charge in [0.15, 0.2) is 0 Å². The lowest BCUT2D eigenvalue weighted by molar-refractivity contribution is -0.150. The van der Waals surface area contributed by atoms with Crippen LogP contribution in [0.2, 0.25) is 5.02 Å². The Hall–Kier alpha value is -1.07. The molecule has 0 bridgehead atoms. The molecule has 21 heavy (non-hydrogen) atoms. The van der Waals surface area contributed by atoms with Crippen LogP contribution in [0.15, 0.2) is 6.20 Å². The third-order valence-corrected chi connectivity index (χ3v) is 3.86. The van der Waals surface area contributed by atoms with Crippen molar-refractivity contribution < 1.29 is 9.53 Å². The minimum Gasteiger partial charge on any atom is -0.465 e. The Morgan fingerprint density at radius 2 is 2.19 bits per heavy atom. The molecule has 1 heterocycles. The number of aromatic nitrogens is 2. The lowest BCUT2D eigenvalue weighted by Gasteiger charge is -2.28. The quantitative estimate of drug-likeness (QED) is 0.562. The van der Waals surface area contributed by atoms with E-state index >= 15 is 0 Å². The summed E-state index contributed by atoms with van der Waals surface area (Å²) in [5.41, 5.74) is 0.239. The maximum absolute atomic E-state index is 12.0. The predicted molar refractivity (Wildman–Crippen MR) is 84.5 cm³/mol. The highest BCUT2D eigenvalue weighted by molar-refractivity contribution is 6.31. The molecule has 0 spiro atoms. The van der Waals surface area contributed by atoms with Crippen LogP contribution >= 0.6 is 11.6 Å². The van der Waals surface area contributed by atoms with E-state index in [2.05, 4.69) is 10.4 Å².